The van der Waals surface area contributed by atoms with Gasteiger partial charge in [-0.2, -0.15) is 0 Å². The summed E-state index contributed by atoms with van der Waals surface area (Å²) in [6.07, 6.45) is -0.151. The Bertz CT molecular complexity index is 246. The summed E-state index contributed by atoms with van der Waals surface area (Å²) < 4.78 is 27.5. The molecule has 0 aromatic rings. The molecule has 0 spiro atoms. The third-order valence-corrected chi connectivity index (χ3v) is 0.970. The van der Waals surface area contributed by atoms with Crippen LogP contribution in [0.5, 0.6) is 0 Å². The molecule has 0 saturated heterocycles. The topological polar surface area (TPSA) is 43.4 Å². The molecular weight excluding hydrogens is 182 g/mol. The van der Waals surface area contributed by atoms with E-state index in [1.807, 2.05) is 0 Å². The zero-order chi connectivity index (χ0) is 10.3. The van der Waals surface area contributed by atoms with Gasteiger partial charge in [-0.05, 0) is 0 Å². The van der Waals surface area contributed by atoms with Gasteiger partial charge in [-0.3, -0.25) is 9.59 Å². The Balaban J connectivity index is 3.87. The number of hydrogen-bond acceptors (Lipinski definition) is 3. The number of carbonyl (C=O) groups is 2. The highest BCUT2D eigenvalue weighted by Crippen LogP contribution is 2.04. The van der Waals surface area contributed by atoms with Crippen LogP contribution in [0.2, 0.25) is 0 Å². The maximum Gasteiger partial charge on any atom is 0.320 e. The number of carbonyl (C=O) groups excluding carboxylic acids is 2. The van der Waals surface area contributed by atoms with E-state index in [-0.39, 0.29) is 12.8 Å². The minimum Gasteiger partial charge on any atom is -0.393 e. The molecule has 0 fully saturated rings. The molecule has 0 aliphatic carbocycles. The fourth-order valence-electron chi connectivity index (χ4n) is 0.499. The van der Waals surface area contributed by atoms with Crippen molar-refractivity contribution in [3.05, 3.63) is 24.8 Å². The average Bonchev–Trinajstić information content (AvgIpc) is 2.04. The van der Waals surface area contributed by atoms with E-state index in [4.69, 9.17) is 0 Å². The maximum atomic E-state index is 12.1. The van der Waals surface area contributed by atoms with Crippen LogP contribution in [0.1, 0.15) is 12.8 Å². The smallest absolute Gasteiger partial charge is 0.320 e. The van der Waals surface area contributed by atoms with Crippen LogP contribution < -0.4 is 0 Å². The normalized spacial score (nSPS) is 10.8. The van der Waals surface area contributed by atoms with Crippen LogP contribution in [0.15, 0.2) is 24.8 Å². The summed E-state index contributed by atoms with van der Waals surface area (Å²) in [4.78, 5) is 21.1. The van der Waals surface area contributed by atoms with Crippen molar-refractivity contribution < 1.29 is 23.1 Å². The Morgan fingerprint density at radius 3 is 2.46 bits per heavy atom. The molecule has 0 aromatic heterocycles. The van der Waals surface area contributed by atoms with Crippen molar-refractivity contribution in [2.75, 3.05) is 0 Å². The number of esters is 2. The lowest BCUT2D eigenvalue weighted by molar-refractivity contribution is -0.158. The van der Waals surface area contributed by atoms with Crippen LogP contribution in [0.3, 0.4) is 0 Å². The van der Waals surface area contributed by atoms with Crippen LogP contribution in [0.4, 0.5) is 8.78 Å². The minimum absolute atomic E-state index is 0.146. The maximum absolute atomic E-state index is 12.1. The lowest BCUT2D eigenvalue weighted by atomic mass is 10.4. The van der Waals surface area contributed by atoms with Gasteiger partial charge < -0.3 is 4.74 Å². The summed E-state index contributed by atoms with van der Waals surface area (Å²) in [5.41, 5.74) is 0. The lowest BCUT2D eigenvalue weighted by Crippen LogP contribution is -2.11. The van der Waals surface area contributed by atoms with E-state index in [2.05, 4.69) is 11.3 Å². The van der Waals surface area contributed by atoms with E-state index in [1.165, 1.54) is 6.08 Å². The molecule has 5 heteroatoms. The number of hydrogen-bond donors (Lipinski definition) is 0. The number of rotatable bonds is 4. The Morgan fingerprint density at radius 1 is 1.38 bits per heavy atom. The van der Waals surface area contributed by atoms with Gasteiger partial charge >= 0.3 is 11.9 Å². The number of ether oxygens (including phenoxy) is 1. The second-order valence-electron chi connectivity index (χ2n) is 2.07. The quantitative estimate of drug-likeness (QED) is 0.385. The zero-order valence-corrected chi connectivity index (χ0v) is 6.76. The third-order valence-electron chi connectivity index (χ3n) is 0.970. The zero-order valence-electron chi connectivity index (χ0n) is 6.76. The average molecular weight is 190 g/mol. The van der Waals surface area contributed by atoms with Crippen LogP contribution in [0.25, 0.3) is 0 Å². The summed E-state index contributed by atoms with van der Waals surface area (Å²) in [7, 11) is 0. The van der Waals surface area contributed by atoms with Gasteiger partial charge in [-0.1, -0.05) is 6.08 Å². The summed E-state index contributed by atoms with van der Waals surface area (Å²) in [5.74, 6) is -3.25. The van der Waals surface area contributed by atoms with Crippen molar-refractivity contribution in [3.8, 4) is 0 Å². The fraction of sp³-hybridized carbons (Fsp3) is 0.250. The van der Waals surface area contributed by atoms with Gasteiger partial charge in [0.1, 0.15) is 18.6 Å². The molecule has 3 nitrogen and oxygen atoms in total. The molecule has 0 saturated carbocycles. The van der Waals surface area contributed by atoms with E-state index >= 15 is 0 Å². The highest BCUT2D eigenvalue weighted by atomic mass is 19.2. The number of halogens is 2. The molecule has 0 rings (SSSR count). The van der Waals surface area contributed by atoms with Crippen molar-refractivity contribution in [3.63, 3.8) is 0 Å². The molecule has 0 aromatic carbocycles. The first-order valence-electron chi connectivity index (χ1n) is 3.39. The molecule has 0 aliphatic heterocycles. The van der Waals surface area contributed by atoms with Crippen LogP contribution in [-0.2, 0) is 14.3 Å². The molecule has 0 bridgehead atoms. The highest BCUT2D eigenvalue weighted by Gasteiger charge is 2.11. The van der Waals surface area contributed by atoms with Gasteiger partial charge in [0.25, 0.3) is 0 Å². The second-order valence-corrected chi connectivity index (χ2v) is 2.07. The first-order valence-corrected chi connectivity index (χ1v) is 3.39. The standard InChI is InChI=1S/C8H8F2O3/c1-2-3-7(11)13-8(12)4-6(10)5-9/h2,5H,1,3-4H2. The van der Waals surface area contributed by atoms with Crippen LogP contribution in [-0.4, -0.2) is 11.9 Å². The van der Waals surface area contributed by atoms with E-state index in [1.54, 1.807) is 0 Å². The Labute approximate surface area is 73.7 Å². The van der Waals surface area contributed by atoms with Crippen molar-refractivity contribution in [1.82, 2.24) is 0 Å². The summed E-state index contributed by atoms with van der Waals surface area (Å²) in [6, 6.07) is 0. The van der Waals surface area contributed by atoms with Gasteiger partial charge in [0.15, 0.2) is 0 Å². The first kappa shape index (κ1) is 11.5. The van der Waals surface area contributed by atoms with Crippen LogP contribution >= 0.6 is 0 Å². The molecule has 0 N–H and O–H groups in total. The van der Waals surface area contributed by atoms with Crippen molar-refractivity contribution >= 4 is 11.9 Å². The van der Waals surface area contributed by atoms with Crippen LogP contribution in [0, 0.1) is 0 Å². The largest absolute Gasteiger partial charge is 0.393 e. The van der Waals surface area contributed by atoms with E-state index in [0.29, 0.717) is 0 Å². The van der Waals surface area contributed by atoms with Crippen molar-refractivity contribution in [2.24, 2.45) is 0 Å². The van der Waals surface area contributed by atoms with Gasteiger partial charge in [0.2, 0.25) is 0 Å². The summed E-state index contributed by atoms with van der Waals surface area (Å²) in [5, 5.41) is 0. The molecular formula is C8H8F2O3. The summed E-state index contributed by atoms with van der Waals surface area (Å²) in [6.45, 7) is 3.23. The molecule has 0 radical (unpaired) electrons. The van der Waals surface area contributed by atoms with Gasteiger partial charge in [0, 0.05) is 0 Å². The van der Waals surface area contributed by atoms with Crippen molar-refractivity contribution in [2.45, 2.75) is 12.8 Å². The third kappa shape index (κ3) is 5.72. The predicted octanol–water partition coefficient (Wildman–Crippen LogP) is 1.80. The monoisotopic (exact) mass is 190 g/mol. The van der Waals surface area contributed by atoms with Gasteiger partial charge in [-0.25, -0.2) is 8.78 Å². The Morgan fingerprint density at radius 2 is 2.00 bits per heavy atom. The SMILES string of the molecule is C=CCC(=O)OC(=O)CC(F)=CF. The highest BCUT2D eigenvalue weighted by molar-refractivity contribution is 5.86. The van der Waals surface area contributed by atoms with Crippen molar-refractivity contribution in [1.29, 1.82) is 0 Å². The van der Waals surface area contributed by atoms with Gasteiger partial charge in [-0.15, -0.1) is 6.58 Å². The molecule has 0 amide bonds. The van der Waals surface area contributed by atoms with E-state index in [0.717, 1.165) is 0 Å². The Hall–Kier alpha value is -1.52. The molecule has 0 heterocycles. The molecule has 0 aliphatic rings. The molecule has 0 atom stereocenters. The second kappa shape index (κ2) is 6.05. The fourth-order valence-corrected chi connectivity index (χ4v) is 0.499. The Kier molecular flexibility index (Phi) is 5.34. The minimum atomic E-state index is -1.28. The predicted molar refractivity (Wildman–Crippen MR) is 40.8 cm³/mol. The van der Waals surface area contributed by atoms with E-state index < -0.39 is 24.2 Å². The molecule has 0 unspecified atom stereocenters. The lowest BCUT2D eigenvalue weighted by Gasteiger charge is -1.98. The summed E-state index contributed by atoms with van der Waals surface area (Å²) >= 11 is 0. The van der Waals surface area contributed by atoms with E-state index in [9.17, 15) is 18.4 Å². The molecule has 72 valence electrons. The first-order chi connectivity index (χ1) is 6.10. The van der Waals surface area contributed by atoms with Gasteiger partial charge in [0.05, 0.1) is 6.42 Å². The molecule has 13 heavy (non-hydrogen) atoms.